The molecule has 0 aromatic heterocycles. The van der Waals surface area contributed by atoms with Gasteiger partial charge in [-0.2, -0.15) is 0 Å². The minimum Gasteiger partial charge on any atom is -0.452 e. The first-order chi connectivity index (χ1) is 12.4. The third-order valence-corrected chi connectivity index (χ3v) is 6.23. The predicted octanol–water partition coefficient (Wildman–Crippen LogP) is 1.94. The molecule has 0 saturated heterocycles. The van der Waals surface area contributed by atoms with Crippen molar-refractivity contribution in [2.75, 3.05) is 13.1 Å². The Morgan fingerprint density at radius 2 is 1.69 bits per heavy atom. The van der Waals surface area contributed by atoms with Gasteiger partial charge in [0.15, 0.2) is 6.10 Å². The molecule has 144 valence electrons. The number of hydrogen-bond acceptors (Lipinski definition) is 4. The Labute approximate surface area is 155 Å². The van der Waals surface area contributed by atoms with Crippen LogP contribution in [0.2, 0.25) is 0 Å². The summed E-state index contributed by atoms with van der Waals surface area (Å²) >= 11 is 0. The van der Waals surface area contributed by atoms with E-state index < -0.39 is 12.1 Å². The predicted molar refractivity (Wildman–Crippen MR) is 97.0 cm³/mol. The summed E-state index contributed by atoms with van der Waals surface area (Å²) in [5.74, 6) is 1.43. The maximum absolute atomic E-state index is 12.8. The summed E-state index contributed by atoms with van der Waals surface area (Å²) in [6, 6.07) is 0. The van der Waals surface area contributed by atoms with E-state index in [1.807, 2.05) is 0 Å². The van der Waals surface area contributed by atoms with Crippen molar-refractivity contribution >= 4 is 17.8 Å². The third-order valence-electron chi connectivity index (χ3n) is 6.23. The second kappa shape index (κ2) is 7.80. The number of esters is 1. The van der Waals surface area contributed by atoms with Crippen LogP contribution in [0.5, 0.6) is 0 Å². The van der Waals surface area contributed by atoms with Crippen molar-refractivity contribution in [3.05, 3.63) is 12.7 Å². The molecule has 0 radical (unpaired) electrons. The first-order valence-electron chi connectivity index (χ1n) is 9.78. The first kappa shape index (κ1) is 18.9. The fourth-order valence-corrected chi connectivity index (χ4v) is 5.48. The maximum atomic E-state index is 12.8. The van der Waals surface area contributed by atoms with E-state index in [2.05, 4.69) is 17.2 Å². The zero-order chi connectivity index (χ0) is 18.7. The van der Waals surface area contributed by atoms with Gasteiger partial charge in [-0.15, -0.1) is 6.58 Å². The van der Waals surface area contributed by atoms with Gasteiger partial charge in [-0.05, 0) is 63.2 Å². The number of nitrogens with one attached hydrogen (secondary N) is 2. The average molecular weight is 362 g/mol. The molecule has 4 aliphatic carbocycles. The van der Waals surface area contributed by atoms with Gasteiger partial charge < -0.3 is 15.4 Å². The molecule has 2 N–H and O–H groups in total. The Kier molecular flexibility index (Phi) is 5.68. The largest absolute Gasteiger partial charge is 0.452 e. The van der Waals surface area contributed by atoms with E-state index >= 15 is 0 Å². The van der Waals surface area contributed by atoms with Crippen LogP contribution in [0.3, 0.4) is 0 Å². The summed E-state index contributed by atoms with van der Waals surface area (Å²) in [5, 5.41) is 5.54. The van der Waals surface area contributed by atoms with Gasteiger partial charge >= 0.3 is 5.97 Å². The van der Waals surface area contributed by atoms with E-state index in [-0.39, 0.29) is 30.2 Å². The van der Waals surface area contributed by atoms with Crippen molar-refractivity contribution < 1.29 is 19.1 Å². The lowest BCUT2D eigenvalue weighted by Crippen LogP contribution is -2.53. The normalized spacial score (nSPS) is 32.6. The van der Waals surface area contributed by atoms with Crippen LogP contribution in [0.25, 0.3) is 0 Å². The number of carbonyl (C=O) groups excluding carboxylic acids is 3. The van der Waals surface area contributed by atoms with Gasteiger partial charge in [0, 0.05) is 18.5 Å². The molecule has 2 amide bonds. The van der Waals surface area contributed by atoms with E-state index in [0.717, 1.165) is 19.3 Å². The van der Waals surface area contributed by atoms with Crippen molar-refractivity contribution in [1.29, 1.82) is 0 Å². The van der Waals surface area contributed by atoms with Crippen LogP contribution in [-0.4, -0.2) is 37.0 Å². The van der Waals surface area contributed by atoms with Gasteiger partial charge in [0.1, 0.15) is 0 Å². The van der Waals surface area contributed by atoms with Crippen molar-refractivity contribution in [1.82, 2.24) is 10.6 Å². The topological polar surface area (TPSA) is 84.5 Å². The molecule has 26 heavy (non-hydrogen) atoms. The van der Waals surface area contributed by atoms with Crippen LogP contribution >= 0.6 is 0 Å². The van der Waals surface area contributed by atoms with Crippen LogP contribution in [0, 0.1) is 23.2 Å². The van der Waals surface area contributed by atoms with Crippen molar-refractivity contribution in [3.8, 4) is 0 Å². The van der Waals surface area contributed by atoms with E-state index in [1.165, 1.54) is 26.2 Å². The summed E-state index contributed by atoms with van der Waals surface area (Å²) in [6.07, 6.45) is 7.71. The fraction of sp³-hybridized carbons (Fsp3) is 0.750. The number of rotatable bonds is 8. The molecule has 6 nitrogen and oxygen atoms in total. The molecule has 0 unspecified atom stereocenters. The Morgan fingerprint density at radius 1 is 1.12 bits per heavy atom. The molecule has 0 aliphatic heterocycles. The number of ether oxygens (including phenoxy) is 1. The lowest BCUT2D eigenvalue weighted by molar-refractivity contribution is -0.155. The lowest BCUT2D eigenvalue weighted by Gasteiger charge is -2.55. The van der Waals surface area contributed by atoms with E-state index in [9.17, 15) is 14.4 Å². The molecular weight excluding hydrogens is 332 g/mol. The van der Waals surface area contributed by atoms with Crippen molar-refractivity contribution in [3.63, 3.8) is 0 Å². The standard InChI is InChI=1S/C20H30N2O4/c1-3-5-21-18(24)13(2)26-17(23)4-6-22-19(25)20-10-14-7-15(11-20)9-16(8-14)12-20/h3,13-16H,1,4-12H2,2H3,(H,21,24)(H,22,25)/t13-,14?,15?,16?,20?/m1/s1. The molecule has 6 heteroatoms. The van der Waals surface area contributed by atoms with Crippen LogP contribution in [0.4, 0.5) is 0 Å². The Bertz CT molecular complexity index is 551. The SMILES string of the molecule is C=CCNC(=O)[C@@H](C)OC(=O)CCNC(=O)C12CC3CC(CC(C3)C1)C2. The van der Waals surface area contributed by atoms with E-state index in [4.69, 9.17) is 4.74 Å². The smallest absolute Gasteiger partial charge is 0.308 e. The summed E-state index contributed by atoms with van der Waals surface area (Å²) in [7, 11) is 0. The number of hydrogen-bond donors (Lipinski definition) is 2. The molecular formula is C20H30N2O4. The molecule has 0 aromatic rings. The second-order valence-electron chi connectivity index (χ2n) is 8.37. The zero-order valence-corrected chi connectivity index (χ0v) is 15.6. The van der Waals surface area contributed by atoms with Gasteiger partial charge in [0.2, 0.25) is 5.91 Å². The van der Waals surface area contributed by atoms with Crippen LogP contribution < -0.4 is 10.6 Å². The van der Waals surface area contributed by atoms with Gasteiger partial charge in [0.25, 0.3) is 5.91 Å². The fourth-order valence-electron chi connectivity index (χ4n) is 5.48. The highest BCUT2D eigenvalue weighted by Crippen LogP contribution is 2.60. The molecule has 4 saturated carbocycles. The first-order valence-corrected chi connectivity index (χ1v) is 9.78. The highest BCUT2D eigenvalue weighted by molar-refractivity contribution is 5.85. The number of carbonyl (C=O) groups is 3. The van der Waals surface area contributed by atoms with Gasteiger partial charge in [0.05, 0.1) is 6.42 Å². The molecule has 4 aliphatic rings. The Hall–Kier alpha value is -1.85. The quantitative estimate of drug-likeness (QED) is 0.510. The lowest BCUT2D eigenvalue weighted by atomic mass is 9.49. The minimum absolute atomic E-state index is 0.0805. The third kappa shape index (κ3) is 4.10. The van der Waals surface area contributed by atoms with Gasteiger partial charge in [-0.3, -0.25) is 14.4 Å². The van der Waals surface area contributed by atoms with Crippen molar-refractivity contribution in [2.24, 2.45) is 23.2 Å². The van der Waals surface area contributed by atoms with Crippen LogP contribution in [0.15, 0.2) is 12.7 Å². The van der Waals surface area contributed by atoms with E-state index in [0.29, 0.717) is 24.3 Å². The maximum Gasteiger partial charge on any atom is 0.308 e. The zero-order valence-electron chi connectivity index (χ0n) is 15.6. The summed E-state index contributed by atoms with van der Waals surface area (Å²) in [4.78, 5) is 36.4. The molecule has 0 spiro atoms. The summed E-state index contributed by atoms with van der Waals surface area (Å²) in [5.41, 5.74) is -0.198. The second-order valence-corrected chi connectivity index (χ2v) is 8.37. The molecule has 0 heterocycles. The number of amides is 2. The molecule has 4 rings (SSSR count). The van der Waals surface area contributed by atoms with Crippen LogP contribution in [-0.2, 0) is 19.1 Å². The van der Waals surface area contributed by atoms with Crippen molar-refractivity contribution in [2.45, 2.75) is 58.0 Å². The van der Waals surface area contributed by atoms with E-state index in [1.54, 1.807) is 6.08 Å². The summed E-state index contributed by atoms with van der Waals surface area (Å²) in [6.45, 7) is 5.65. The molecule has 1 atom stereocenters. The van der Waals surface area contributed by atoms with Gasteiger partial charge in [-0.1, -0.05) is 6.08 Å². The summed E-state index contributed by atoms with van der Waals surface area (Å²) < 4.78 is 5.10. The Morgan fingerprint density at radius 3 is 2.23 bits per heavy atom. The minimum atomic E-state index is -0.846. The molecule has 4 bridgehead atoms. The molecule has 0 aromatic carbocycles. The molecule has 4 fully saturated rings. The highest BCUT2D eigenvalue weighted by atomic mass is 16.5. The Balaban J connectivity index is 1.40. The average Bonchev–Trinajstić information content (AvgIpc) is 2.58. The van der Waals surface area contributed by atoms with Crippen LogP contribution in [0.1, 0.15) is 51.9 Å². The monoisotopic (exact) mass is 362 g/mol. The highest BCUT2D eigenvalue weighted by Gasteiger charge is 2.54. The van der Waals surface area contributed by atoms with Gasteiger partial charge in [-0.25, -0.2) is 0 Å².